The standard InChI is InChI=1S/C16H22O4/c1-5-9(2)14(19)13-12(18)8-11(17)10-6-7-16(3,4)20-15(10)13/h8-9,17-18H,5-7H2,1-4H3/t9-/m1/s1. The van der Waals surface area contributed by atoms with Gasteiger partial charge in [0.05, 0.1) is 0 Å². The number of ketones is 1. The zero-order valence-corrected chi connectivity index (χ0v) is 12.5. The van der Waals surface area contributed by atoms with Gasteiger partial charge in [0.2, 0.25) is 0 Å². The minimum absolute atomic E-state index is 0.00583. The van der Waals surface area contributed by atoms with E-state index in [2.05, 4.69) is 0 Å². The van der Waals surface area contributed by atoms with E-state index in [0.717, 1.165) is 6.42 Å². The summed E-state index contributed by atoms with van der Waals surface area (Å²) in [7, 11) is 0. The molecule has 4 heteroatoms. The van der Waals surface area contributed by atoms with E-state index in [1.165, 1.54) is 6.07 Å². The molecule has 1 heterocycles. The molecule has 1 aromatic carbocycles. The van der Waals surface area contributed by atoms with Crippen molar-refractivity contribution in [1.82, 2.24) is 0 Å². The molecule has 2 N–H and O–H groups in total. The van der Waals surface area contributed by atoms with Crippen LogP contribution in [0.25, 0.3) is 0 Å². The van der Waals surface area contributed by atoms with Crippen LogP contribution in [0, 0.1) is 5.92 Å². The Morgan fingerprint density at radius 2 is 2.05 bits per heavy atom. The number of Topliss-reactive ketones (excluding diaryl/α,β-unsaturated/α-hetero) is 1. The van der Waals surface area contributed by atoms with Crippen molar-refractivity contribution in [2.75, 3.05) is 0 Å². The number of hydrogen-bond donors (Lipinski definition) is 2. The zero-order valence-electron chi connectivity index (χ0n) is 12.5. The van der Waals surface area contributed by atoms with E-state index in [1.54, 1.807) is 0 Å². The lowest BCUT2D eigenvalue weighted by Gasteiger charge is -2.34. The van der Waals surface area contributed by atoms with Crippen molar-refractivity contribution in [1.29, 1.82) is 0 Å². The second-order valence-electron chi connectivity index (χ2n) is 6.13. The summed E-state index contributed by atoms with van der Waals surface area (Å²) in [6.07, 6.45) is 2.09. The van der Waals surface area contributed by atoms with Crippen LogP contribution in [-0.4, -0.2) is 21.6 Å². The lowest BCUT2D eigenvalue weighted by molar-refractivity contribution is 0.0773. The van der Waals surface area contributed by atoms with Crippen molar-refractivity contribution in [2.45, 2.75) is 52.6 Å². The maximum atomic E-state index is 12.5. The molecule has 0 unspecified atom stereocenters. The first kappa shape index (κ1) is 14.7. The molecular formula is C16H22O4. The predicted molar refractivity (Wildman–Crippen MR) is 76.6 cm³/mol. The molecular weight excluding hydrogens is 256 g/mol. The summed E-state index contributed by atoms with van der Waals surface area (Å²) in [5.74, 6) is -0.191. The highest BCUT2D eigenvalue weighted by molar-refractivity contribution is 6.03. The van der Waals surface area contributed by atoms with Crippen LogP contribution in [0.15, 0.2) is 6.07 Å². The van der Waals surface area contributed by atoms with Gasteiger partial charge in [-0.3, -0.25) is 4.79 Å². The largest absolute Gasteiger partial charge is 0.507 e. The Labute approximate surface area is 119 Å². The molecule has 20 heavy (non-hydrogen) atoms. The van der Waals surface area contributed by atoms with E-state index >= 15 is 0 Å². The van der Waals surface area contributed by atoms with Crippen LogP contribution >= 0.6 is 0 Å². The maximum absolute atomic E-state index is 12.5. The number of benzene rings is 1. The maximum Gasteiger partial charge on any atom is 0.173 e. The van der Waals surface area contributed by atoms with Crippen molar-refractivity contribution < 1.29 is 19.7 Å². The molecule has 0 bridgehead atoms. The first-order chi connectivity index (χ1) is 9.26. The van der Waals surface area contributed by atoms with Crippen molar-refractivity contribution in [3.8, 4) is 17.2 Å². The highest BCUT2D eigenvalue weighted by Gasteiger charge is 2.34. The van der Waals surface area contributed by atoms with Crippen LogP contribution < -0.4 is 4.74 Å². The smallest absolute Gasteiger partial charge is 0.173 e. The number of phenolic OH excluding ortho intramolecular Hbond substituents is 2. The number of rotatable bonds is 3. The zero-order chi connectivity index (χ0) is 15.1. The monoisotopic (exact) mass is 278 g/mol. The number of hydrogen-bond acceptors (Lipinski definition) is 4. The van der Waals surface area contributed by atoms with Crippen LogP contribution in [0.5, 0.6) is 17.2 Å². The third-order valence-corrected chi connectivity index (χ3v) is 4.00. The summed E-state index contributed by atoms with van der Waals surface area (Å²) in [6.45, 7) is 7.63. The molecule has 0 amide bonds. The van der Waals surface area contributed by atoms with Crippen molar-refractivity contribution in [3.05, 3.63) is 17.2 Å². The summed E-state index contributed by atoms with van der Waals surface area (Å²) >= 11 is 0. The molecule has 4 nitrogen and oxygen atoms in total. The fraction of sp³-hybridized carbons (Fsp3) is 0.562. The predicted octanol–water partition coefficient (Wildman–Crippen LogP) is 3.43. The van der Waals surface area contributed by atoms with E-state index in [0.29, 0.717) is 24.2 Å². The Morgan fingerprint density at radius 1 is 1.40 bits per heavy atom. The normalized spacial score (nSPS) is 18.0. The minimum Gasteiger partial charge on any atom is -0.507 e. The highest BCUT2D eigenvalue weighted by Crippen LogP contribution is 2.45. The van der Waals surface area contributed by atoms with Crippen molar-refractivity contribution in [2.24, 2.45) is 5.92 Å². The molecule has 0 aliphatic carbocycles. The third kappa shape index (κ3) is 2.47. The molecule has 0 aromatic heterocycles. The summed E-state index contributed by atoms with van der Waals surface area (Å²) in [5, 5.41) is 20.0. The van der Waals surface area contributed by atoms with Gasteiger partial charge in [0.1, 0.15) is 28.4 Å². The van der Waals surface area contributed by atoms with Crippen LogP contribution in [0.2, 0.25) is 0 Å². The second-order valence-corrected chi connectivity index (χ2v) is 6.13. The van der Waals surface area contributed by atoms with Gasteiger partial charge in [-0.05, 0) is 33.1 Å². The Hall–Kier alpha value is -1.71. The first-order valence-electron chi connectivity index (χ1n) is 7.08. The molecule has 0 spiro atoms. The van der Waals surface area contributed by atoms with Gasteiger partial charge in [-0.15, -0.1) is 0 Å². The molecule has 0 fully saturated rings. The first-order valence-corrected chi connectivity index (χ1v) is 7.08. The number of fused-ring (bicyclic) bond motifs is 1. The quantitative estimate of drug-likeness (QED) is 0.831. The lowest BCUT2D eigenvalue weighted by Crippen LogP contribution is -2.33. The Morgan fingerprint density at radius 3 is 2.65 bits per heavy atom. The lowest BCUT2D eigenvalue weighted by atomic mass is 9.88. The Kier molecular flexibility index (Phi) is 3.67. The van der Waals surface area contributed by atoms with Gasteiger partial charge in [0.25, 0.3) is 0 Å². The summed E-state index contributed by atoms with van der Waals surface area (Å²) in [6, 6.07) is 1.25. The molecule has 1 aliphatic heterocycles. The molecule has 1 aliphatic rings. The van der Waals surface area contributed by atoms with Crippen LogP contribution in [-0.2, 0) is 6.42 Å². The second kappa shape index (κ2) is 5.00. The average Bonchev–Trinajstić information content (AvgIpc) is 2.35. The highest BCUT2D eigenvalue weighted by atomic mass is 16.5. The molecule has 2 rings (SSSR count). The third-order valence-electron chi connectivity index (χ3n) is 4.00. The van der Waals surface area contributed by atoms with Gasteiger partial charge in [-0.25, -0.2) is 0 Å². The fourth-order valence-corrected chi connectivity index (χ4v) is 2.45. The van der Waals surface area contributed by atoms with Crippen molar-refractivity contribution in [3.63, 3.8) is 0 Å². The van der Waals surface area contributed by atoms with Crippen molar-refractivity contribution >= 4 is 5.78 Å². The number of ether oxygens (including phenoxy) is 1. The summed E-state index contributed by atoms with van der Waals surface area (Å²) < 4.78 is 5.89. The van der Waals surface area contributed by atoms with E-state index in [4.69, 9.17) is 4.74 Å². The summed E-state index contributed by atoms with van der Waals surface area (Å²) in [4.78, 5) is 12.5. The van der Waals surface area contributed by atoms with Gasteiger partial charge >= 0.3 is 0 Å². The van der Waals surface area contributed by atoms with E-state index in [1.807, 2.05) is 27.7 Å². The topological polar surface area (TPSA) is 66.8 Å². The number of carbonyl (C=O) groups excluding carboxylic acids is 1. The van der Waals surface area contributed by atoms with Crippen LogP contribution in [0.3, 0.4) is 0 Å². The van der Waals surface area contributed by atoms with Gasteiger partial charge in [0.15, 0.2) is 5.78 Å². The van der Waals surface area contributed by atoms with E-state index in [-0.39, 0.29) is 28.8 Å². The van der Waals surface area contributed by atoms with Gasteiger partial charge in [-0.1, -0.05) is 13.8 Å². The molecule has 1 atom stereocenters. The minimum atomic E-state index is -0.405. The van der Waals surface area contributed by atoms with Crippen LogP contribution in [0.1, 0.15) is 56.5 Å². The van der Waals surface area contributed by atoms with Gasteiger partial charge in [-0.2, -0.15) is 0 Å². The summed E-state index contributed by atoms with van der Waals surface area (Å²) in [5.41, 5.74) is 0.422. The average molecular weight is 278 g/mol. The molecule has 1 aromatic rings. The molecule has 110 valence electrons. The molecule has 0 saturated heterocycles. The van der Waals surface area contributed by atoms with E-state index < -0.39 is 5.60 Å². The molecule has 0 saturated carbocycles. The van der Waals surface area contributed by atoms with Crippen LogP contribution in [0.4, 0.5) is 0 Å². The number of phenols is 2. The van der Waals surface area contributed by atoms with Gasteiger partial charge < -0.3 is 14.9 Å². The van der Waals surface area contributed by atoms with Gasteiger partial charge in [0, 0.05) is 17.5 Å². The number of carbonyl (C=O) groups is 1. The fourth-order valence-electron chi connectivity index (χ4n) is 2.45. The SMILES string of the molecule is CC[C@@H](C)C(=O)c1c(O)cc(O)c2c1OC(C)(C)CC2. The van der Waals surface area contributed by atoms with E-state index in [9.17, 15) is 15.0 Å². The molecule has 0 radical (unpaired) electrons. The Bertz CT molecular complexity index is 546. The Balaban J connectivity index is 2.60. The number of aromatic hydroxyl groups is 2.